The lowest BCUT2D eigenvalue weighted by molar-refractivity contribution is 0.0435. The molecule has 2 N–H and O–H groups in total. The summed E-state index contributed by atoms with van der Waals surface area (Å²) in [6.07, 6.45) is -0.692. The average molecular weight is 329 g/mol. The minimum atomic E-state index is -1.00. The zero-order valence-corrected chi connectivity index (χ0v) is 13.0. The number of rotatable bonds is 5. The Morgan fingerprint density at radius 2 is 1.83 bits per heavy atom. The third-order valence-electron chi connectivity index (χ3n) is 3.72. The summed E-state index contributed by atoms with van der Waals surface area (Å²) >= 11 is 0. The molecule has 2 aromatic carbocycles. The first kappa shape index (κ1) is 15.7. The molecule has 7 nitrogen and oxygen atoms in total. The maximum atomic E-state index is 12.2. The summed E-state index contributed by atoms with van der Waals surface area (Å²) in [5.41, 5.74) is 1.74. The Balaban J connectivity index is 1.91. The second kappa shape index (κ2) is 6.11. The third kappa shape index (κ3) is 2.60. The molecule has 7 heteroatoms. The fourth-order valence-electron chi connectivity index (χ4n) is 2.57. The highest BCUT2D eigenvalue weighted by atomic mass is 16.6. The maximum Gasteiger partial charge on any atom is 0.344 e. The summed E-state index contributed by atoms with van der Waals surface area (Å²) in [6, 6.07) is 9.58. The molecule has 2 aromatic rings. The van der Waals surface area contributed by atoms with Crippen molar-refractivity contribution in [1.29, 1.82) is 0 Å². The number of aromatic carboxylic acids is 1. The number of methoxy groups -OCH3 is 2. The molecule has 0 radical (unpaired) electrons. The molecule has 1 aliphatic rings. The van der Waals surface area contributed by atoms with Crippen LogP contribution in [0.3, 0.4) is 0 Å². The predicted molar refractivity (Wildman–Crippen MR) is 84.7 cm³/mol. The summed E-state index contributed by atoms with van der Waals surface area (Å²) in [7, 11) is 2.95. The van der Waals surface area contributed by atoms with Gasteiger partial charge >= 0.3 is 11.9 Å². The van der Waals surface area contributed by atoms with E-state index in [0.717, 1.165) is 0 Å². The molecule has 0 saturated carbocycles. The van der Waals surface area contributed by atoms with Crippen LogP contribution in [0.4, 0.5) is 5.69 Å². The van der Waals surface area contributed by atoms with Gasteiger partial charge in [-0.25, -0.2) is 9.59 Å². The van der Waals surface area contributed by atoms with Crippen LogP contribution in [0.2, 0.25) is 0 Å². The lowest BCUT2D eigenvalue weighted by atomic mass is 10.1. The second-order valence-corrected chi connectivity index (χ2v) is 5.08. The number of carbonyl (C=O) groups excluding carboxylic acids is 1. The normalized spacial score (nSPS) is 15.4. The Kier molecular flexibility index (Phi) is 3.99. The summed E-state index contributed by atoms with van der Waals surface area (Å²) < 4.78 is 15.8. The molecule has 0 aliphatic carbocycles. The standard InChI is InChI=1S/C17H15NO6/c1-22-12-8-7-11-13(14(12)23-2)17(21)24-15(11)18-10-5-3-9(4-6-10)16(19)20/h3-8,15,18H,1-2H3,(H,19,20)/t15-/m1/s1. The van der Waals surface area contributed by atoms with Crippen molar-refractivity contribution in [3.05, 3.63) is 53.1 Å². The van der Waals surface area contributed by atoms with E-state index in [0.29, 0.717) is 28.3 Å². The molecule has 0 fully saturated rings. The van der Waals surface area contributed by atoms with Crippen molar-refractivity contribution < 1.29 is 28.9 Å². The Bertz CT molecular complexity index is 799. The minimum absolute atomic E-state index is 0.177. The Morgan fingerprint density at radius 1 is 1.12 bits per heavy atom. The number of anilines is 1. The highest BCUT2D eigenvalue weighted by molar-refractivity contribution is 5.98. The molecule has 1 atom stereocenters. The van der Waals surface area contributed by atoms with Gasteiger partial charge in [-0.05, 0) is 36.4 Å². The van der Waals surface area contributed by atoms with E-state index in [-0.39, 0.29) is 5.56 Å². The van der Waals surface area contributed by atoms with Gasteiger partial charge in [0.1, 0.15) is 5.56 Å². The molecule has 0 amide bonds. The molecular weight excluding hydrogens is 314 g/mol. The van der Waals surface area contributed by atoms with Crippen molar-refractivity contribution in [2.75, 3.05) is 19.5 Å². The monoisotopic (exact) mass is 329 g/mol. The van der Waals surface area contributed by atoms with E-state index < -0.39 is 18.2 Å². The number of fused-ring (bicyclic) bond motifs is 1. The zero-order chi connectivity index (χ0) is 17.3. The number of benzene rings is 2. The van der Waals surface area contributed by atoms with Crippen LogP contribution in [0.25, 0.3) is 0 Å². The van der Waals surface area contributed by atoms with Crippen molar-refractivity contribution in [3.63, 3.8) is 0 Å². The number of cyclic esters (lactones) is 1. The van der Waals surface area contributed by atoms with Crippen LogP contribution in [0, 0.1) is 0 Å². The molecule has 24 heavy (non-hydrogen) atoms. The van der Waals surface area contributed by atoms with Crippen molar-refractivity contribution >= 4 is 17.6 Å². The number of ether oxygens (including phenoxy) is 3. The number of esters is 1. The minimum Gasteiger partial charge on any atom is -0.493 e. The smallest absolute Gasteiger partial charge is 0.344 e. The van der Waals surface area contributed by atoms with Crippen LogP contribution in [0.15, 0.2) is 36.4 Å². The molecule has 124 valence electrons. The quantitative estimate of drug-likeness (QED) is 0.814. The average Bonchev–Trinajstić information content (AvgIpc) is 2.90. The fourth-order valence-corrected chi connectivity index (χ4v) is 2.57. The van der Waals surface area contributed by atoms with E-state index in [2.05, 4.69) is 5.32 Å². The summed E-state index contributed by atoms with van der Waals surface area (Å²) in [5, 5.41) is 12.0. The first-order chi connectivity index (χ1) is 11.5. The van der Waals surface area contributed by atoms with Gasteiger partial charge in [0.15, 0.2) is 11.5 Å². The van der Waals surface area contributed by atoms with Crippen LogP contribution in [-0.2, 0) is 4.74 Å². The molecule has 0 unspecified atom stereocenters. The van der Waals surface area contributed by atoms with E-state index >= 15 is 0 Å². The summed E-state index contributed by atoms with van der Waals surface area (Å²) in [6.45, 7) is 0. The number of carboxylic acid groups (broad SMARTS) is 1. The van der Waals surface area contributed by atoms with Gasteiger partial charge in [0, 0.05) is 11.3 Å². The molecule has 1 aliphatic heterocycles. The third-order valence-corrected chi connectivity index (χ3v) is 3.72. The maximum absolute atomic E-state index is 12.2. The highest BCUT2D eigenvalue weighted by Gasteiger charge is 2.35. The van der Waals surface area contributed by atoms with Gasteiger partial charge in [0.05, 0.1) is 19.8 Å². The van der Waals surface area contributed by atoms with E-state index in [1.165, 1.54) is 26.4 Å². The Labute approximate surface area is 137 Å². The first-order valence-electron chi connectivity index (χ1n) is 7.11. The number of nitrogens with one attached hydrogen (secondary N) is 1. The molecule has 0 bridgehead atoms. The van der Waals surface area contributed by atoms with Crippen molar-refractivity contribution in [1.82, 2.24) is 0 Å². The van der Waals surface area contributed by atoms with Crippen LogP contribution < -0.4 is 14.8 Å². The Hall–Kier alpha value is -3.22. The van der Waals surface area contributed by atoms with Crippen LogP contribution >= 0.6 is 0 Å². The highest BCUT2D eigenvalue weighted by Crippen LogP contribution is 2.41. The van der Waals surface area contributed by atoms with E-state index in [4.69, 9.17) is 19.3 Å². The first-order valence-corrected chi connectivity index (χ1v) is 7.11. The summed E-state index contributed by atoms with van der Waals surface area (Å²) in [4.78, 5) is 23.1. The van der Waals surface area contributed by atoms with E-state index in [9.17, 15) is 9.59 Å². The van der Waals surface area contributed by atoms with Gasteiger partial charge in [-0.1, -0.05) is 0 Å². The van der Waals surface area contributed by atoms with Crippen LogP contribution in [-0.4, -0.2) is 31.3 Å². The van der Waals surface area contributed by atoms with Gasteiger partial charge < -0.3 is 24.6 Å². The molecule has 0 saturated heterocycles. The zero-order valence-electron chi connectivity index (χ0n) is 13.0. The van der Waals surface area contributed by atoms with Gasteiger partial charge in [0.25, 0.3) is 0 Å². The largest absolute Gasteiger partial charge is 0.493 e. The molecule has 1 heterocycles. The van der Waals surface area contributed by atoms with Crippen LogP contribution in [0.1, 0.15) is 32.5 Å². The van der Waals surface area contributed by atoms with Gasteiger partial charge in [-0.15, -0.1) is 0 Å². The Morgan fingerprint density at radius 3 is 2.42 bits per heavy atom. The predicted octanol–water partition coefficient (Wildman–Crippen LogP) is 2.68. The van der Waals surface area contributed by atoms with Crippen molar-refractivity contribution in [3.8, 4) is 11.5 Å². The fraction of sp³-hybridized carbons (Fsp3) is 0.176. The molecule has 0 spiro atoms. The van der Waals surface area contributed by atoms with Crippen LogP contribution in [0.5, 0.6) is 11.5 Å². The topological polar surface area (TPSA) is 94.1 Å². The molecule has 3 rings (SSSR count). The second-order valence-electron chi connectivity index (χ2n) is 5.08. The number of hydrogen-bond acceptors (Lipinski definition) is 6. The van der Waals surface area contributed by atoms with Gasteiger partial charge in [-0.2, -0.15) is 0 Å². The van der Waals surface area contributed by atoms with Crippen molar-refractivity contribution in [2.24, 2.45) is 0 Å². The van der Waals surface area contributed by atoms with Gasteiger partial charge in [0.2, 0.25) is 6.23 Å². The van der Waals surface area contributed by atoms with E-state index in [1.54, 1.807) is 24.3 Å². The number of carboxylic acids is 1. The summed E-state index contributed by atoms with van der Waals surface area (Å²) in [5.74, 6) is -0.749. The van der Waals surface area contributed by atoms with Crippen molar-refractivity contribution in [2.45, 2.75) is 6.23 Å². The van der Waals surface area contributed by atoms with Gasteiger partial charge in [-0.3, -0.25) is 0 Å². The SMILES string of the molecule is COc1ccc2c(c1OC)C(=O)O[C@H]2Nc1ccc(C(=O)O)cc1. The number of hydrogen-bond donors (Lipinski definition) is 2. The van der Waals surface area contributed by atoms with E-state index in [1.807, 2.05) is 0 Å². The number of carbonyl (C=O) groups is 2. The molecular formula is C17H15NO6. The molecule has 0 aromatic heterocycles. The lowest BCUT2D eigenvalue weighted by Crippen LogP contribution is -2.10. The lowest BCUT2D eigenvalue weighted by Gasteiger charge is -2.15.